The molecule has 2 aromatic heterocycles. The van der Waals surface area contributed by atoms with Crippen LogP contribution in [0.15, 0.2) is 34.7 Å². The van der Waals surface area contributed by atoms with Crippen LogP contribution in [0.25, 0.3) is 21.3 Å². The molecule has 0 amide bonds. The van der Waals surface area contributed by atoms with E-state index in [1.54, 1.807) is 30.1 Å². The van der Waals surface area contributed by atoms with Gasteiger partial charge in [-0.25, -0.2) is 4.79 Å². The number of rotatable bonds is 4. The maximum atomic E-state index is 12.3. The summed E-state index contributed by atoms with van der Waals surface area (Å²) in [5.74, 6) is 0.676. The Bertz CT molecular complexity index is 960. The molecule has 1 N–H and O–H groups in total. The molecule has 26 heavy (non-hydrogen) atoms. The number of ether oxygens (including phenoxy) is 1. The third-order valence-corrected chi connectivity index (χ3v) is 5.99. The van der Waals surface area contributed by atoms with Gasteiger partial charge in [-0.2, -0.15) is 4.98 Å². The van der Waals surface area contributed by atoms with E-state index in [1.165, 1.54) is 0 Å². The Morgan fingerprint density at radius 2 is 2.08 bits per heavy atom. The first kappa shape index (κ1) is 17.2. The molecule has 0 spiro atoms. The van der Waals surface area contributed by atoms with Crippen molar-refractivity contribution in [3.63, 3.8) is 0 Å². The molecule has 7 heteroatoms. The van der Waals surface area contributed by atoms with Gasteiger partial charge >= 0.3 is 5.69 Å². The molecule has 0 aliphatic heterocycles. The Morgan fingerprint density at radius 3 is 2.77 bits per heavy atom. The number of hydrogen-bond acceptors (Lipinski definition) is 6. The van der Waals surface area contributed by atoms with Crippen LogP contribution in [0.4, 0.5) is 5.82 Å². The summed E-state index contributed by atoms with van der Waals surface area (Å²) >= 11 is 1.60. The number of fused-ring (bicyclic) bond motifs is 1. The predicted molar refractivity (Wildman–Crippen MR) is 105 cm³/mol. The van der Waals surface area contributed by atoms with Gasteiger partial charge in [0.2, 0.25) is 0 Å². The lowest BCUT2D eigenvalue weighted by Crippen LogP contribution is -2.31. The maximum absolute atomic E-state index is 12.3. The predicted octanol–water partition coefficient (Wildman–Crippen LogP) is 3.43. The number of thiazole rings is 1. The molecule has 0 bridgehead atoms. The molecular weight excluding hydrogens is 348 g/mol. The minimum atomic E-state index is -0.240. The highest BCUT2D eigenvalue weighted by atomic mass is 32.1. The smallest absolute Gasteiger partial charge is 0.349 e. The number of hydrogen-bond donors (Lipinski definition) is 1. The van der Waals surface area contributed by atoms with E-state index < -0.39 is 0 Å². The normalized spacial score (nSPS) is 20.4. The summed E-state index contributed by atoms with van der Waals surface area (Å²) in [6.45, 7) is 0. The van der Waals surface area contributed by atoms with Crippen molar-refractivity contribution < 1.29 is 4.74 Å². The Labute approximate surface area is 155 Å². The highest BCUT2D eigenvalue weighted by Crippen LogP contribution is 2.30. The first-order valence-corrected chi connectivity index (χ1v) is 9.72. The van der Waals surface area contributed by atoms with Crippen LogP contribution < -0.4 is 11.0 Å². The van der Waals surface area contributed by atoms with Gasteiger partial charge in [0, 0.05) is 31.8 Å². The van der Waals surface area contributed by atoms with Crippen molar-refractivity contribution in [3.05, 3.63) is 40.4 Å². The summed E-state index contributed by atoms with van der Waals surface area (Å²) in [6, 6.07) is 6.43. The maximum Gasteiger partial charge on any atom is 0.349 e. The highest BCUT2D eigenvalue weighted by molar-refractivity contribution is 7.13. The lowest BCUT2D eigenvalue weighted by atomic mass is 9.93. The lowest BCUT2D eigenvalue weighted by molar-refractivity contribution is 0.0681. The number of aryl methyl sites for hydroxylation is 1. The van der Waals surface area contributed by atoms with E-state index in [-0.39, 0.29) is 5.69 Å². The molecule has 4 rings (SSSR count). The van der Waals surface area contributed by atoms with Gasteiger partial charge in [0.15, 0.2) is 0 Å². The zero-order valence-corrected chi connectivity index (χ0v) is 15.8. The van der Waals surface area contributed by atoms with E-state index in [1.807, 2.05) is 23.8 Å². The number of methoxy groups -OCH3 is 1. The Balaban J connectivity index is 1.72. The third kappa shape index (κ3) is 3.24. The summed E-state index contributed by atoms with van der Waals surface area (Å²) in [7, 11) is 3.53. The fourth-order valence-electron chi connectivity index (χ4n) is 3.61. The minimum Gasteiger partial charge on any atom is -0.381 e. The van der Waals surface area contributed by atoms with Gasteiger partial charge in [-0.1, -0.05) is 6.07 Å². The van der Waals surface area contributed by atoms with Crippen LogP contribution in [0.1, 0.15) is 25.7 Å². The Hall–Kier alpha value is -2.25. The van der Waals surface area contributed by atoms with Gasteiger partial charge in [0.05, 0.1) is 22.0 Å². The number of nitrogens with one attached hydrogen (secondary N) is 1. The van der Waals surface area contributed by atoms with E-state index in [9.17, 15) is 4.79 Å². The highest BCUT2D eigenvalue weighted by Gasteiger charge is 2.22. The quantitative estimate of drug-likeness (QED) is 0.762. The molecule has 1 fully saturated rings. The van der Waals surface area contributed by atoms with Crippen LogP contribution in [0.5, 0.6) is 0 Å². The third-order valence-electron chi connectivity index (χ3n) is 5.17. The number of aromatic nitrogens is 3. The average Bonchev–Trinajstić information content (AvgIpc) is 3.21. The topological polar surface area (TPSA) is 69.0 Å². The van der Waals surface area contributed by atoms with Crippen molar-refractivity contribution >= 4 is 28.1 Å². The van der Waals surface area contributed by atoms with Crippen molar-refractivity contribution in [2.75, 3.05) is 12.4 Å². The van der Waals surface area contributed by atoms with Crippen molar-refractivity contribution in [1.29, 1.82) is 0 Å². The van der Waals surface area contributed by atoms with Gasteiger partial charge in [0.25, 0.3) is 0 Å². The SMILES string of the molecule is COC1CCC(Nc2nc(=O)n(C)c3ccc(-c4cncs4)cc23)CC1. The molecule has 6 nitrogen and oxygen atoms in total. The van der Waals surface area contributed by atoms with E-state index >= 15 is 0 Å². The van der Waals surface area contributed by atoms with Crippen LogP contribution in [0, 0.1) is 0 Å². The minimum absolute atomic E-state index is 0.240. The monoisotopic (exact) mass is 370 g/mol. The van der Waals surface area contributed by atoms with Crippen molar-refractivity contribution in [3.8, 4) is 10.4 Å². The summed E-state index contributed by atoms with van der Waals surface area (Å²) in [6.07, 6.45) is 6.31. The summed E-state index contributed by atoms with van der Waals surface area (Å²) in [5.41, 5.74) is 3.56. The van der Waals surface area contributed by atoms with Crippen molar-refractivity contribution in [2.45, 2.75) is 37.8 Å². The largest absolute Gasteiger partial charge is 0.381 e. The van der Waals surface area contributed by atoms with Crippen LogP contribution in [-0.2, 0) is 11.8 Å². The second-order valence-corrected chi connectivity index (χ2v) is 7.64. The fraction of sp³-hybridized carbons (Fsp3) is 0.421. The molecule has 0 unspecified atom stereocenters. The zero-order valence-electron chi connectivity index (χ0n) is 14.9. The molecule has 1 saturated carbocycles. The number of benzene rings is 1. The van der Waals surface area contributed by atoms with E-state index in [2.05, 4.69) is 21.4 Å². The second kappa shape index (κ2) is 7.17. The van der Waals surface area contributed by atoms with Crippen LogP contribution in [-0.4, -0.2) is 33.8 Å². The summed E-state index contributed by atoms with van der Waals surface area (Å²) in [4.78, 5) is 21.9. The van der Waals surface area contributed by atoms with Crippen molar-refractivity contribution in [1.82, 2.24) is 14.5 Å². The molecule has 0 radical (unpaired) electrons. The second-order valence-electron chi connectivity index (χ2n) is 6.75. The molecule has 1 aliphatic carbocycles. The molecule has 3 aromatic rings. The number of nitrogens with zero attached hydrogens (tertiary/aromatic N) is 3. The molecule has 2 heterocycles. The lowest BCUT2D eigenvalue weighted by Gasteiger charge is -2.28. The van der Waals surface area contributed by atoms with Gasteiger partial charge < -0.3 is 10.1 Å². The van der Waals surface area contributed by atoms with Gasteiger partial charge in [-0.3, -0.25) is 9.55 Å². The van der Waals surface area contributed by atoms with Crippen LogP contribution in [0.3, 0.4) is 0 Å². The fourth-order valence-corrected chi connectivity index (χ4v) is 4.23. The first-order valence-electron chi connectivity index (χ1n) is 8.84. The summed E-state index contributed by atoms with van der Waals surface area (Å²) in [5, 5.41) is 4.48. The van der Waals surface area contributed by atoms with Crippen molar-refractivity contribution in [2.24, 2.45) is 7.05 Å². The Morgan fingerprint density at radius 1 is 1.27 bits per heavy atom. The average molecular weight is 370 g/mol. The van der Waals surface area contributed by atoms with Crippen LogP contribution in [0.2, 0.25) is 0 Å². The Kier molecular flexibility index (Phi) is 4.74. The molecule has 1 aliphatic rings. The van der Waals surface area contributed by atoms with E-state index in [4.69, 9.17) is 4.74 Å². The standard InChI is InChI=1S/C19H22N4O2S/c1-23-16-8-3-12(17-10-20-11-26-17)9-15(16)18(22-19(23)24)21-13-4-6-14(25-2)7-5-13/h3,8-11,13-14H,4-7H2,1-2H3,(H,21,22,24). The van der Waals surface area contributed by atoms with E-state index in [0.29, 0.717) is 18.0 Å². The molecule has 136 valence electrons. The van der Waals surface area contributed by atoms with Gasteiger partial charge in [-0.15, -0.1) is 11.3 Å². The summed E-state index contributed by atoms with van der Waals surface area (Å²) < 4.78 is 7.05. The van der Waals surface area contributed by atoms with Crippen LogP contribution >= 0.6 is 11.3 Å². The van der Waals surface area contributed by atoms with Gasteiger partial charge in [0.1, 0.15) is 5.82 Å². The molecule has 0 saturated heterocycles. The number of anilines is 1. The molecular formula is C19H22N4O2S. The molecule has 0 atom stereocenters. The zero-order chi connectivity index (χ0) is 18.1. The van der Waals surface area contributed by atoms with Gasteiger partial charge in [-0.05, 0) is 43.4 Å². The first-order chi connectivity index (χ1) is 12.7. The molecule has 1 aromatic carbocycles. The van der Waals surface area contributed by atoms with E-state index in [0.717, 1.165) is 47.0 Å².